The first-order chi connectivity index (χ1) is 11.7. The number of aliphatic hydroxyl groups excluding tert-OH is 1. The van der Waals surface area contributed by atoms with Crippen LogP contribution in [-0.2, 0) is 9.53 Å². The van der Waals surface area contributed by atoms with Crippen LogP contribution in [0.25, 0.3) is 0 Å². The van der Waals surface area contributed by atoms with Crippen molar-refractivity contribution in [3.05, 3.63) is 58.3 Å². The summed E-state index contributed by atoms with van der Waals surface area (Å²) in [4.78, 5) is 15.8. The third kappa shape index (κ3) is 3.86. The van der Waals surface area contributed by atoms with Crippen LogP contribution in [0.5, 0.6) is 0 Å². The summed E-state index contributed by atoms with van der Waals surface area (Å²) in [6.07, 6.45) is -0.0488. The lowest BCUT2D eigenvalue weighted by molar-refractivity contribution is -0.142. The molecule has 1 aromatic carbocycles. The molecule has 3 rings (SSSR count). The van der Waals surface area contributed by atoms with Gasteiger partial charge in [0.05, 0.1) is 31.3 Å². The normalized spacial score (nSPS) is 20.6. The fourth-order valence-electron chi connectivity index (χ4n) is 3.13. The Morgan fingerprint density at radius 1 is 1.33 bits per heavy atom. The van der Waals surface area contributed by atoms with Crippen LogP contribution < -0.4 is 0 Å². The number of rotatable bonds is 5. The molecule has 1 aromatic heterocycles. The quantitative estimate of drug-likeness (QED) is 0.905. The number of thiophene rings is 1. The molecule has 1 fully saturated rings. The van der Waals surface area contributed by atoms with E-state index in [2.05, 4.69) is 0 Å². The molecule has 128 valence electrons. The Hall–Kier alpha value is -1.69. The first-order valence-electron chi connectivity index (χ1n) is 8.31. The maximum atomic E-state index is 13.0. The molecule has 1 N–H and O–H groups in total. The molecule has 1 aliphatic rings. The van der Waals surface area contributed by atoms with E-state index < -0.39 is 6.10 Å². The van der Waals surface area contributed by atoms with Crippen LogP contribution in [-0.4, -0.2) is 41.7 Å². The van der Waals surface area contributed by atoms with Crippen LogP contribution in [0.1, 0.15) is 35.8 Å². The molecular weight excluding hydrogens is 322 g/mol. The highest BCUT2D eigenvalue weighted by atomic mass is 32.1. The Bertz CT molecular complexity index is 644. The van der Waals surface area contributed by atoms with Gasteiger partial charge in [-0.05, 0) is 23.9 Å². The Balaban J connectivity index is 1.70. The summed E-state index contributed by atoms with van der Waals surface area (Å²) < 4.78 is 5.56. The van der Waals surface area contributed by atoms with Crippen molar-refractivity contribution in [1.29, 1.82) is 0 Å². The van der Waals surface area contributed by atoms with E-state index in [0.29, 0.717) is 26.2 Å². The lowest BCUT2D eigenvalue weighted by Gasteiger charge is -2.38. The first kappa shape index (κ1) is 17.1. The van der Waals surface area contributed by atoms with E-state index in [4.69, 9.17) is 4.74 Å². The number of carbonyl (C=O) groups excluding carboxylic acids is 1. The fraction of sp³-hybridized carbons (Fsp3) is 0.421. The molecule has 1 amide bonds. The van der Waals surface area contributed by atoms with Crippen molar-refractivity contribution in [2.45, 2.75) is 31.4 Å². The second kappa shape index (κ2) is 7.92. The average Bonchev–Trinajstić information content (AvgIpc) is 3.16. The third-order valence-corrected chi connectivity index (χ3v) is 5.52. The topological polar surface area (TPSA) is 49.8 Å². The fourth-order valence-corrected chi connectivity index (χ4v) is 3.85. The van der Waals surface area contributed by atoms with Gasteiger partial charge in [0, 0.05) is 17.8 Å². The van der Waals surface area contributed by atoms with E-state index in [9.17, 15) is 9.90 Å². The summed E-state index contributed by atoms with van der Waals surface area (Å²) in [5, 5.41) is 12.4. The molecule has 0 radical (unpaired) electrons. The van der Waals surface area contributed by atoms with Gasteiger partial charge in [-0.25, -0.2) is 0 Å². The highest BCUT2D eigenvalue weighted by molar-refractivity contribution is 7.10. The molecule has 1 saturated heterocycles. The maximum Gasteiger partial charge on any atom is 0.230 e. The lowest BCUT2D eigenvalue weighted by atomic mass is 9.97. The van der Waals surface area contributed by atoms with Crippen molar-refractivity contribution < 1.29 is 14.6 Å². The molecule has 0 bridgehead atoms. The number of morpholine rings is 1. The van der Waals surface area contributed by atoms with Gasteiger partial charge >= 0.3 is 0 Å². The van der Waals surface area contributed by atoms with Gasteiger partial charge < -0.3 is 14.7 Å². The van der Waals surface area contributed by atoms with Crippen LogP contribution in [0.2, 0.25) is 0 Å². The molecule has 0 unspecified atom stereocenters. The van der Waals surface area contributed by atoms with Crippen molar-refractivity contribution in [1.82, 2.24) is 4.90 Å². The molecule has 3 atom stereocenters. The average molecular weight is 345 g/mol. The summed E-state index contributed by atoms with van der Waals surface area (Å²) >= 11 is 1.54. The number of hydrogen-bond acceptors (Lipinski definition) is 4. The second-order valence-electron chi connectivity index (χ2n) is 6.16. The summed E-state index contributed by atoms with van der Waals surface area (Å²) in [6.45, 7) is 3.56. The third-order valence-electron chi connectivity index (χ3n) is 4.55. The van der Waals surface area contributed by atoms with E-state index >= 15 is 0 Å². The van der Waals surface area contributed by atoms with E-state index in [1.54, 1.807) is 0 Å². The molecule has 2 aromatic rings. The Morgan fingerprint density at radius 3 is 2.83 bits per heavy atom. The van der Waals surface area contributed by atoms with E-state index in [1.807, 2.05) is 59.7 Å². The molecule has 5 heteroatoms. The van der Waals surface area contributed by atoms with Gasteiger partial charge in [0.1, 0.15) is 0 Å². The van der Waals surface area contributed by atoms with Crippen molar-refractivity contribution in [2.75, 3.05) is 19.8 Å². The summed E-state index contributed by atoms with van der Waals surface area (Å²) in [7, 11) is 0. The molecule has 2 heterocycles. The van der Waals surface area contributed by atoms with Gasteiger partial charge in [0.2, 0.25) is 5.91 Å². The van der Waals surface area contributed by atoms with Gasteiger partial charge in [0.15, 0.2) is 0 Å². The molecule has 0 aliphatic carbocycles. The van der Waals surface area contributed by atoms with Gasteiger partial charge in [0.25, 0.3) is 0 Å². The number of hydrogen-bond donors (Lipinski definition) is 1. The second-order valence-corrected chi connectivity index (χ2v) is 7.14. The predicted molar refractivity (Wildman–Crippen MR) is 95.1 cm³/mol. The smallest absolute Gasteiger partial charge is 0.230 e. The Kier molecular flexibility index (Phi) is 5.66. The number of carbonyl (C=O) groups is 1. The first-order valence-corrected chi connectivity index (χ1v) is 9.19. The zero-order valence-corrected chi connectivity index (χ0v) is 14.6. The molecule has 4 nitrogen and oxygen atoms in total. The minimum Gasteiger partial charge on any atom is -0.387 e. The maximum absolute atomic E-state index is 13.0. The van der Waals surface area contributed by atoms with E-state index in [-0.39, 0.29) is 17.9 Å². The van der Waals surface area contributed by atoms with Gasteiger partial charge in [-0.1, -0.05) is 36.4 Å². The molecule has 0 spiro atoms. The Morgan fingerprint density at radius 2 is 2.12 bits per heavy atom. The predicted octanol–water partition coefficient (Wildman–Crippen LogP) is 3.20. The highest BCUT2D eigenvalue weighted by Crippen LogP contribution is 2.28. The SMILES string of the molecule is C[C@H](C(=O)N1CCOC[C@H]1C[C@H](O)c1cccs1)c1ccccc1. The standard InChI is InChI=1S/C19H23NO3S/c1-14(15-6-3-2-4-7-15)19(22)20-9-10-23-13-16(20)12-17(21)18-8-5-11-24-18/h2-8,11,14,16-17,21H,9-10,12-13H2,1H3/t14-,16+,17-/m0/s1. The largest absolute Gasteiger partial charge is 0.387 e. The number of aliphatic hydroxyl groups is 1. The zero-order chi connectivity index (χ0) is 16.9. The van der Waals surface area contributed by atoms with Crippen molar-refractivity contribution in [2.24, 2.45) is 0 Å². The summed E-state index contributed by atoms with van der Waals surface area (Å²) in [5.41, 5.74) is 1.02. The van der Waals surface area contributed by atoms with Gasteiger partial charge in [-0.2, -0.15) is 0 Å². The van der Waals surface area contributed by atoms with E-state index in [0.717, 1.165) is 10.4 Å². The lowest BCUT2D eigenvalue weighted by Crippen LogP contribution is -2.50. The number of nitrogens with zero attached hydrogens (tertiary/aromatic N) is 1. The molecule has 24 heavy (non-hydrogen) atoms. The monoisotopic (exact) mass is 345 g/mol. The Labute approximate surface area is 146 Å². The minimum absolute atomic E-state index is 0.0884. The van der Waals surface area contributed by atoms with Crippen LogP contribution >= 0.6 is 11.3 Å². The molecule has 1 aliphatic heterocycles. The summed E-state index contributed by atoms with van der Waals surface area (Å²) in [5.74, 6) is -0.0847. The van der Waals surface area contributed by atoms with Crippen molar-refractivity contribution >= 4 is 17.2 Å². The minimum atomic E-state index is -0.556. The number of amides is 1. The van der Waals surface area contributed by atoms with Gasteiger partial charge in [-0.3, -0.25) is 4.79 Å². The summed E-state index contributed by atoms with van der Waals surface area (Å²) in [6, 6.07) is 13.6. The van der Waals surface area contributed by atoms with Crippen molar-refractivity contribution in [3.63, 3.8) is 0 Å². The zero-order valence-electron chi connectivity index (χ0n) is 13.8. The molecular formula is C19H23NO3S. The van der Waals surface area contributed by atoms with Crippen LogP contribution in [0.15, 0.2) is 47.8 Å². The highest BCUT2D eigenvalue weighted by Gasteiger charge is 2.32. The van der Waals surface area contributed by atoms with E-state index in [1.165, 1.54) is 11.3 Å². The van der Waals surface area contributed by atoms with Crippen LogP contribution in [0, 0.1) is 0 Å². The van der Waals surface area contributed by atoms with Gasteiger partial charge in [-0.15, -0.1) is 11.3 Å². The van der Waals surface area contributed by atoms with Crippen LogP contribution in [0.3, 0.4) is 0 Å². The van der Waals surface area contributed by atoms with Crippen molar-refractivity contribution in [3.8, 4) is 0 Å². The number of benzene rings is 1. The van der Waals surface area contributed by atoms with Crippen LogP contribution in [0.4, 0.5) is 0 Å². The number of ether oxygens (including phenoxy) is 1. The molecule has 0 saturated carbocycles.